The number of rotatable bonds is 3. The van der Waals surface area contributed by atoms with Crippen molar-refractivity contribution in [3.05, 3.63) is 0 Å². The molecule has 0 atom stereocenters. The molecule has 0 unspecified atom stereocenters. The Morgan fingerprint density at radius 2 is 1.82 bits per heavy atom. The van der Waals surface area contributed by atoms with Crippen LogP contribution in [0, 0.1) is 12.3 Å². The Kier molecular flexibility index (Phi) is 4.05. The molecule has 17 heavy (non-hydrogen) atoms. The molecule has 1 aliphatic rings. The van der Waals surface area contributed by atoms with Gasteiger partial charge >= 0.3 is 12.1 Å². The number of carbonyl (C=O) groups is 4. The number of amides is 2. The molecule has 1 fully saturated rings. The van der Waals surface area contributed by atoms with Gasteiger partial charge in [0.25, 0.3) is 11.8 Å². The Morgan fingerprint density at radius 3 is 2.35 bits per heavy atom. The highest BCUT2D eigenvalue weighted by Crippen LogP contribution is 2.12. The summed E-state index contributed by atoms with van der Waals surface area (Å²) >= 11 is 0. The van der Waals surface area contributed by atoms with Crippen molar-refractivity contribution < 1.29 is 33.5 Å². The summed E-state index contributed by atoms with van der Waals surface area (Å²) in [5, 5.41) is 0.297. The van der Waals surface area contributed by atoms with Crippen LogP contribution < -0.4 is 0 Å². The molecule has 8 nitrogen and oxygen atoms in total. The lowest BCUT2D eigenvalue weighted by molar-refractivity contribution is -0.181. The molecule has 1 saturated heterocycles. The topological polar surface area (TPSA) is 99.2 Å². The number of hydroxylamine groups is 2. The second-order valence-electron chi connectivity index (χ2n) is 2.76. The monoisotopic (exact) mass is 241 g/mol. The normalized spacial score (nSPS) is 14.2. The van der Waals surface area contributed by atoms with Gasteiger partial charge in [-0.05, 0) is 0 Å². The number of terminal acetylenes is 1. The number of hydrogen-bond acceptors (Lipinski definition) is 7. The van der Waals surface area contributed by atoms with Gasteiger partial charge in [-0.15, -0.1) is 6.42 Å². The number of nitrogens with zero attached hydrogens (tertiary/aromatic N) is 1. The molecule has 0 aromatic heterocycles. The highest BCUT2D eigenvalue weighted by atomic mass is 16.9. The van der Waals surface area contributed by atoms with Crippen molar-refractivity contribution in [2.45, 2.75) is 12.8 Å². The molecule has 90 valence electrons. The summed E-state index contributed by atoms with van der Waals surface area (Å²) in [5.74, 6) is -0.700. The molecule has 0 saturated carbocycles. The largest absolute Gasteiger partial charge is 0.536 e. The predicted octanol–water partition coefficient (Wildman–Crippen LogP) is -0.663. The maximum atomic E-state index is 11.0. The average molecular weight is 241 g/mol. The van der Waals surface area contributed by atoms with Crippen LogP contribution in [0.4, 0.5) is 4.79 Å². The minimum Gasteiger partial charge on any atom is -0.418 e. The highest BCUT2D eigenvalue weighted by Gasteiger charge is 2.33. The maximum Gasteiger partial charge on any atom is 0.536 e. The van der Waals surface area contributed by atoms with E-state index in [9.17, 15) is 19.2 Å². The Morgan fingerprint density at radius 1 is 1.24 bits per heavy atom. The summed E-state index contributed by atoms with van der Waals surface area (Å²) in [7, 11) is 0. The number of esters is 1. The van der Waals surface area contributed by atoms with Gasteiger partial charge in [-0.3, -0.25) is 14.4 Å². The lowest BCUT2D eigenvalue weighted by atomic mass is 10.4. The van der Waals surface area contributed by atoms with Crippen LogP contribution in [0.5, 0.6) is 0 Å². The van der Waals surface area contributed by atoms with Crippen molar-refractivity contribution in [1.82, 2.24) is 5.06 Å². The summed E-state index contributed by atoms with van der Waals surface area (Å²) in [6.07, 6.45) is 3.26. The van der Waals surface area contributed by atoms with Crippen LogP contribution in [0.25, 0.3) is 0 Å². The molecule has 0 N–H and O–H groups in total. The molecular formula is C9H7NO7. The minimum atomic E-state index is -1.35. The van der Waals surface area contributed by atoms with Crippen molar-refractivity contribution in [1.29, 1.82) is 0 Å². The standard InChI is InChI=1S/C9H7NO7/c1-2-8(13)15-5-16-9(14)17-10-6(11)3-4-7(10)12/h1H,3-5H2. The Labute approximate surface area is 95.4 Å². The van der Waals surface area contributed by atoms with E-state index in [0.29, 0.717) is 5.06 Å². The SMILES string of the molecule is C#CC(=O)OCOC(=O)ON1C(=O)CCC1=O. The third kappa shape index (κ3) is 3.49. The van der Waals surface area contributed by atoms with Crippen LogP contribution >= 0.6 is 0 Å². The molecule has 0 aliphatic carbocycles. The van der Waals surface area contributed by atoms with Crippen LogP contribution in [0.15, 0.2) is 0 Å². The van der Waals surface area contributed by atoms with E-state index < -0.39 is 30.7 Å². The second kappa shape index (κ2) is 5.50. The Balaban J connectivity index is 2.30. The van der Waals surface area contributed by atoms with E-state index in [1.54, 1.807) is 5.92 Å². The smallest absolute Gasteiger partial charge is 0.418 e. The molecule has 1 heterocycles. The fraction of sp³-hybridized carbons (Fsp3) is 0.333. The first-order valence-corrected chi connectivity index (χ1v) is 4.38. The van der Waals surface area contributed by atoms with Gasteiger partial charge < -0.3 is 9.47 Å². The highest BCUT2D eigenvalue weighted by molar-refractivity contribution is 6.01. The first-order valence-electron chi connectivity index (χ1n) is 4.38. The number of imide groups is 1. The Bertz CT molecular complexity index is 392. The summed E-state index contributed by atoms with van der Waals surface area (Å²) in [5.41, 5.74) is 0. The van der Waals surface area contributed by atoms with E-state index in [4.69, 9.17) is 0 Å². The van der Waals surface area contributed by atoms with Crippen molar-refractivity contribution in [2.75, 3.05) is 6.79 Å². The van der Waals surface area contributed by atoms with Gasteiger partial charge in [0.2, 0.25) is 6.79 Å². The quantitative estimate of drug-likeness (QED) is 0.212. The van der Waals surface area contributed by atoms with Gasteiger partial charge in [-0.25, -0.2) is 9.59 Å². The molecule has 2 amide bonds. The second-order valence-corrected chi connectivity index (χ2v) is 2.76. The molecule has 1 aliphatic heterocycles. The van der Waals surface area contributed by atoms with Crippen LogP contribution in [0.1, 0.15) is 12.8 Å². The zero-order chi connectivity index (χ0) is 12.8. The lowest BCUT2D eigenvalue weighted by Crippen LogP contribution is -2.32. The first kappa shape index (κ1) is 12.5. The summed E-state index contributed by atoms with van der Waals surface area (Å²) in [6, 6.07) is 0. The van der Waals surface area contributed by atoms with Gasteiger partial charge in [-0.1, -0.05) is 5.06 Å². The van der Waals surface area contributed by atoms with Gasteiger partial charge in [-0.2, -0.15) is 0 Å². The molecule has 1 rings (SSSR count). The van der Waals surface area contributed by atoms with Gasteiger partial charge in [0.05, 0.1) is 0 Å². The van der Waals surface area contributed by atoms with E-state index >= 15 is 0 Å². The van der Waals surface area contributed by atoms with Crippen LogP contribution in [-0.4, -0.2) is 35.8 Å². The number of hydrogen-bond donors (Lipinski definition) is 0. The van der Waals surface area contributed by atoms with E-state index in [1.807, 2.05) is 0 Å². The molecule has 0 aromatic rings. The fourth-order valence-corrected chi connectivity index (χ4v) is 0.932. The van der Waals surface area contributed by atoms with Gasteiger partial charge in [0, 0.05) is 18.8 Å². The molecule has 0 radical (unpaired) electrons. The summed E-state index contributed by atoms with van der Waals surface area (Å²) in [6.45, 7) is -0.766. The molecule has 8 heteroatoms. The molecule has 0 spiro atoms. The minimum absolute atomic E-state index is 0.0296. The number of carbonyl (C=O) groups excluding carboxylic acids is 4. The zero-order valence-electron chi connectivity index (χ0n) is 8.50. The first-order chi connectivity index (χ1) is 8.04. The Hall–Kier alpha value is -2.56. The van der Waals surface area contributed by atoms with Crippen molar-refractivity contribution in [2.24, 2.45) is 0 Å². The van der Waals surface area contributed by atoms with Crippen molar-refractivity contribution >= 4 is 23.9 Å². The molecule has 0 bridgehead atoms. The van der Waals surface area contributed by atoms with Crippen LogP contribution in [0.2, 0.25) is 0 Å². The van der Waals surface area contributed by atoms with E-state index in [-0.39, 0.29) is 12.8 Å². The number of ether oxygens (including phenoxy) is 2. The van der Waals surface area contributed by atoms with Gasteiger partial charge in [0.15, 0.2) is 0 Å². The van der Waals surface area contributed by atoms with Crippen molar-refractivity contribution in [3.8, 4) is 12.3 Å². The summed E-state index contributed by atoms with van der Waals surface area (Å²) in [4.78, 5) is 47.7. The molecule has 0 aromatic carbocycles. The third-order valence-corrected chi connectivity index (χ3v) is 1.66. The van der Waals surface area contributed by atoms with Gasteiger partial charge in [0.1, 0.15) is 0 Å². The maximum absolute atomic E-state index is 11.0. The third-order valence-electron chi connectivity index (χ3n) is 1.66. The predicted molar refractivity (Wildman–Crippen MR) is 48.4 cm³/mol. The summed E-state index contributed by atoms with van der Waals surface area (Å²) < 4.78 is 8.42. The molecular weight excluding hydrogens is 234 g/mol. The van der Waals surface area contributed by atoms with E-state index in [0.717, 1.165) is 0 Å². The van der Waals surface area contributed by atoms with Crippen LogP contribution in [0.3, 0.4) is 0 Å². The van der Waals surface area contributed by atoms with Crippen molar-refractivity contribution in [3.63, 3.8) is 0 Å². The van der Waals surface area contributed by atoms with E-state index in [1.165, 1.54) is 0 Å². The fourth-order valence-electron chi connectivity index (χ4n) is 0.932. The van der Waals surface area contributed by atoms with E-state index in [2.05, 4.69) is 20.7 Å². The lowest BCUT2D eigenvalue weighted by Gasteiger charge is -2.11. The van der Waals surface area contributed by atoms with Crippen LogP contribution in [-0.2, 0) is 28.7 Å². The average Bonchev–Trinajstić information content (AvgIpc) is 2.60. The zero-order valence-corrected chi connectivity index (χ0v) is 8.50.